The number of carbonyl (C=O) groups is 2. The third-order valence-electron chi connectivity index (χ3n) is 4.77. The van der Waals surface area contributed by atoms with Crippen molar-refractivity contribution in [1.82, 2.24) is 14.9 Å². The van der Waals surface area contributed by atoms with Crippen molar-refractivity contribution in [3.05, 3.63) is 10.9 Å². The molecule has 13 heteroatoms. The summed E-state index contributed by atoms with van der Waals surface area (Å²) in [5.74, 6) is -1.39. The number of carbonyl (C=O) groups excluding carboxylic acids is 2. The number of aliphatic hydroxyl groups excluding tert-OH is 2. The van der Waals surface area contributed by atoms with Gasteiger partial charge in [-0.1, -0.05) is 6.92 Å². The third kappa shape index (κ3) is 5.60. The van der Waals surface area contributed by atoms with Crippen molar-refractivity contribution >= 4 is 45.1 Å². The second-order valence-corrected chi connectivity index (χ2v) is 8.12. The third-order valence-corrected chi connectivity index (χ3v) is 5.94. The highest BCUT2D eigenvalue weighted by molar-refractivity contribution is 7.18. The first kappa shape index (κ1) is 23.2. The van der Waals surface area contributed by atoms with Crippen LogP contribution in [-0.2, 0) is 16.0 Å². The molecule has 1 aliphatic heterocycles. The number of halogens is 3. The largest absolute Gasteiger partial charge is 0.397 e. The van der Waals surface area contributed by atoms with Gasteiger partial charge in [0.15, 0.2) is 6.10 Å². The summed E-state index contributed by atoms with van der Waals surface area (Å²) in [6, 6.07) is 1.92. The molecule has 2 aromatic rings. The Balaban J connectivity index is 1.83. The van der Waals surface area contributed by atoms with Gasteiger partial charge in [-0.25, -0.2) is 4.98 Å². The quantitative estimate of drug-likeness (QED) is 0.590. The smallest absolute Gasteiger partial charge is 0.393 e. The van der Waals surface area contributed by atoms with Gasteiger partial charge in [0.1, 0.15) is 17.1 Å². The van der Waals surface area contributed by atoms with E-state index in [-0.39, 0.29) is 32.1 Å². The van der Waals surface area contributed by atoms with Crippen molar-refractivity contribution in [3.63, 3.8) is 0 Å². The monoisotopic (exact) mass is 461 g/mol. The number of aromatic nitrogens is 2. The lowest BCUT2D eigenvalue weighted by Gasteiger charge is -2.36. The summed E-state index contributed by atoms with van der Waals surface area (Å²) in [7, 11) is 0. The SMILES string of the molecule is CCc1cc2c(N3CCN(C(=O)CC(F)(F)F)CC3)nc(NC(=O)[C@H](O)CO)nc2s1. The van der Waals surface area contributed by atoms with E-state index in [2.05, 4.69) is 15.3 Å². The van der Waals surface area contributed by atoms with Crippen LogP contribution in [0.5, 0.6) is 0 Å². The number of thiophene rings is 1. The van der Waals surface area contributed by atoms with E-state index >= 15 is 0 Å². The molecule has 0 saturated carbocycles. The molecular formula is C18H22F3N5O4S. The number of nitrogens with zero attached hydrogens (tertiary/aromatic N) is 4. The van der Waals surface area contributed by atoms with Gasteiger partial charge in [-0.05, 0) is 12.5 Å². The van der Waals surface area contributed by atoms with Crippen LogP contribution in [0.2, 0.25) is 0 Å². The molecule has 31 heavy (non-hydrogen) atoms. The van der Waals surface area contributed by atoms with Crippen molar-refractivity contribution in [2.45, 2.75) is 32.0 Å². The molecule has 9 nitrogen and oxygen atoms in total. The normalized spacial score (nSPS) is 15.9. The maximum Gasteiger partial charge on any atom is 0.397 e. The van der Waals surface area contributed by atoms with E-state index < -0.39 is 37.1 Å². The maximum absolute atomic E-state index is 12.5. The average molecular weight is 461 g/mol. The molecule has 2 amide bonds. The molecule has 3 rings (SSSR count). The fourth-order valence-electron chi connectivity index (χ4n) is 3.15. The molecule has 0 aromatic carbocycles. The lowest BCUT2D eigenvalue weighted by molar-refractivity contribution is -0.161. The first-order chi connectivity index (χ1) is 14.6. The molecule has 0 bridgehead atoms. The highest BCUT2D eigenvalue weighted by Crippen LogP contribution is 2.33. The summed E-state index contributed by atoms with van der Waals surface area (Å²) in [5, 5.41) is 21.5. The zero-order chi connectivity index (χ0) is 22.8. The van der Waals surface area contributed by atoms with Gasteiger partial charge in [0.25, 0.3) is 5.91 Å². The summed E-state index contributed by atoms with van der Waals surface area (Å²) >= 11 is 1.41. The minimum absolute atomic E-state index is 0.0555. The molecule has 170 valence electrons. The van der Waals surface area contributed by atoms with Crippen molar-refractivity contribution < 1.29 is 33.0 Å². The summed E-state index contributed by atoms with van der Waals surface area (Å²) in [6.07, 6.45) is -6.91. The highest BCUT2D eigenvalue weighted by Gasteiger charge is 2.34. The number of hydrogen-bond acceptors (Lipinski definition) is 8. The van der Waals surface area contributed by atoms with E-state index in [4.69, 9.17) is 5.11 Å². The van der Waals surface area contributed by atoms with Gasteiger partial charge in [0, 0.05) is 31.1 Å². The second kappa shape index (κ2) is 9.32. The molecule has 0 radical (unpaired) electrons. The van der Waals surface area contributed by atoms with E-state index in [0.29, 0.717) is 10.6 Å². The number of aryl methyl sites for hydroxylation is 1. The number of fused-ring (bicyclic) bond motifs is 1. The van der Waals surface area contributed by atoms with Gasteiger partial charge in [-0.15, -0.1) is 11.3 Å². The molecule has 2 aromatic heterocycles. The van der Waals surface area contributed by atoms with Crippen LogP contribution in [0.3, 0.4) is 0 Å². The predicted molar refractivity (Wildman–Crippen MR) is 108 cm³/mol. The van der Waals surface area contributed by atoms with Gasteiger partial charge in [-0.3, -0.25) is 14.9 Å². The summed E-state index contributed by atoms with van der Waals surface area (Å²) in [5.41, 5.74) is 0. The van der Waals surface area contributed by atoms with E-state index in [0.717, 1.165) is 16.7 Å². The van der Waals surface area contributed by atoms with Crippen LogP contribution in [0.25, 0.3) is 10.2 Å². The Labute approximate surface area is 179 Å². The minimum atomic E-state index is -4.55. The number of alkyl halides is 3. The summed E-state index contributed by atoms with van der Waals surface area (Å²) in [6.45, 7) is 1.96. The topological polar surface area (TPSA) is 119 Å². The van der Waals surface area contributed by atoms with Gasteiger partial charge in [0.2, 0.25) is 11.9 Å². The number of anilines is 2. The van der Waals surface area contributed by atoms with Crippen molar-refractivity contribution in [2.24, 2.45) is 0 Å². The average Bonchev–Trinajstić information content (AvgIpc) is 3.14. The van der Waals surface area contributed by atoms with Gasteiger partial charge < -0.3 is 20.0 Å². The highest BCUT2D eigenvalue weighted by atomic mass is 32.1. The molecule has 0 unspecified atom stereocenters. The Bertz CT molecular complexity index is 960. The van der Waals surface area contributed by atoms with E-state index in [1.54, 1.807) is 0 Å². The van der Waals surface area contributed by atoms with Crippen molar-refractivity contribution in [1.29, 1.82) is 0 Å². The molecule has 3 heterocycles. The molecule has 0 aliphatic carbocycles. The van der Waals surface area contributed by atoms with Crippen LogP contribution in [0, 0.1) is 0 Å². The van der Waals surface area contributed by atoms with Gasteiger partial charge >= 0.3 is 6.18 Å². The number of piperazine rings is 1. The van der Waals surface area contributed by atoms with Crippen molar-refractivity contribution in [3.8, 4) is 0 Å². The Morgan fingerprint density at radius 1 is 1.26 bits per heavy atom. The Morgan fingerprint density at radius 2 is 1.94 bits per heavy atom. The van der Waals surface area contributed by atoms with E-state index in [9.17, 15) is 27.9 Å². The van der Waals surface area contributed by atoms with Crippen molar-refractivity contribution in [2.75, 3.05) is 43.0 Å². The standard InChI is InChI=1S/C18H22F3N5O4S/c1-2-10-7-11-14(22-17(24-16(11)31-10)23-15(30)12(28)9-27)26-5-3-25(4-6-26)13(29)8-18(19,20)21/h7,12,27-28H,2-6,8-9H2,1H3,(H,22,23,24,30)/t12-/m1/s1. The Kier molecular flexibility index (Phi) is 6.96. The van der Waals surface area contributed by atoms with Crippen LogP contribution < -0.4 is 10.2 Å². The predicted octanol–water partition coefficient (Wildman–Crippen LogP) is 1.15. The molecule has 3 N–H and O–H groups in total. The minimum Gasteiger partial charge on any atom is -0.393 e. The van der Waals surface area contributed by atoms with E-state index in [1.165, 1.54) is 16.2 Å². The molecule has 1 saturated heterocycles. The zero-order valence-corrected chi connectivity index (χ0v) is 17.5. The van der Waals surface area contributed by atoms with E-state index in [1.807, 2.05) is 17.9 Å². The maximum atomic E-state index is 12.5. The number of nitrogens with one attached hydrogen (secondary N) is 1. The first-order valence-electron chi connectivity index (χ1n) is 9.61. The fraction of sp³-hybridized carbons (Fsp3) is 0.556. The van der Waals surface area contributed by atoms with Crippen LogP contribution in [0.4, 0.5) is 24.9 Å². The summed E-state index contributed by atoms with van der Waals surface area (Å²) < 4.78 is 37.5. The second-order valence-electron chi connectivity index (χ2n) is 7.00. The lowest BCUT2D eigenvalue weighted by Crippen LogP contribution is -2.49. The Hall–Kier alpha value is -2.51. The van der Waals surface area contributed by atoms with Crippen LogP contribution in [0.1, 0.15) is 18.2 Å². The number of aliphatic hydroxyl groups is 2. The number of amides is 2. The lowest BCUT2D eigenvalue weighted by atomic mass is 10.2. The molecule has 1 atom stereocenters. The summed E-state index contributed by atoms with van der Waals surface area (Å²) in [4.78, 5) is 37.1. The first-order valence-corrected chi connectivity index (χ1v) is 10.4. The van der Waals surface area contributed by atoms with Gasteiger partial charge in [-0.2, -0.15) is 18.2 Å². The van der Waals surface area contributed by atoms with Crippen LogP contribution in [0.15, 0.2) is 6.07 Å². The molecule has 1 fully saturated rings. The Morgan fingerprint density at radius 3 is 2.52 bits per heavy atom. The molecular weight excluding hydrogens is 439 g/mol. The van der Waals surface area contributed by atoms with Crippen LogP contribution in [-0.4, -0.2) is 82.0 Å². The molecule has 1 aliphatic rings. The number of rotatable bonds is 6. The van der Waals surface area contributed by atoms with Gasteiger partial charge in [0.05, 0.1) is 12.0 Å². The zero-order valence-electron chi connectivity index (χ0n) is 16.6. The fourth-order valence-corrected chi connectivity index (χ4v) is 4.12. The molecule has 0 spiro atoms. The van der Waals surface area contributed by atoms with Crippen LogP contribution >= 0.6 is 11.3 Å². The number of hydrogen-bond donors (Lipinski definition) is 3.